The molecule has 0 fully saturated rings. The van der Waals surface area contributed by atoms with E-state index in [4.69, 9.17) is 5.21 Å². The summed E-state index contributed by atoms with van der Waals surface area (Å²) in [5.74, 6) is 0. The molecule has 62 valence electrons. The molecule has 0 aromatic heterocycles. The summed E-state index contributed by atoms with van der Waals surface area (Å²) < 4.78 is 0. The molecule has 1 aromatic rings. The van der Waals surface area contributed by atoms with E-state index >= 15 is 0 Å². The third-order valence-electron chi connectivity index (χ3n) is 1.42. The molecule has 0 bridgehead atoms. The molecule has 12 heavy (non-hydrogen) atoms. The quantitative estimate of drug-likeness (QED) is 0.526. The number of allylic oxidation sites excluding steroid dienone is 1. The Bertz CT molecular complexity index is 277. The molecule has 0 radical (unpaired) electrons. The van der Waals surface area contributed by atoms with E-state index in [1.165, 1.54) is 0 Å². The van der Waals surface area contributed by atoms with Gasteiger partial charge >= 0.3 is 0 Å². The predicted octanol–water partition coefficient (Wildman–Crippen LogP) is 2.19. The number of hydroxylamine groups is 1. The maximum absolute atomic E-state index is 8.41. The summed E-state index contributed by atoms with van der Waals surface area (Å²) in [6.45, 7) is 3.54. The van der Waals surface area contributed by atoms with Gasteiger partial charge in [0.25, 0.3) is 0 Å². The Morgan fingerprint density at radius 2 is 2.00 bits per heavy atom. The highest BCUT2D eigenvalue weighted by molar-refractivity contribution is 5.51. The lowest BCUT2D eigenvalue weighted by molar-refractivity contribution is 0.205. The molecule has 0 aliphatic heterocycles. The minimum atomic E-state index is 0.471. The second-order valence-corrected chi connectivity index (χ2v) is 2.38. The van der Waals surface area contributed by atoms with Crippen LogP contribution in [0.25, 0.3) is 6.08 Å². The maximum atomic E-state index is 8.41. The summed E-state index contributed by atoms with van der Waals surface area (Å²) in [6.07, 6.45) is 3.57. The van der Waals surface area contributed by atoms with Crippen molar-refractivity contribution in [2.45, 2.75) is 0 Å². The number of hydrogen-bond donors (Lipinski definition) is 2. The molecular formula is C10H11NO. The molecule has 0 atom stereocenters. The van der Waals surface area contributed by atoms with Crippen molar-refractivity contribution in [1.29, 1.82) is 0 Å². The smallest absolute Gasteiger partial charge is 0.0530 e. The van der Waals surface area contributed by atoms with Gasteiger partial charge in [0.05, 0.1) is 5.70 Å². The van der Waals surface area contributed by atoms with E-state index in [0.29, 0.717) is 5.70 Å². The van der Waals surface area contributed by atoms with E-state index in [-0.39, 0.29) is 0 Å². The molecule has 0 heterocycles. The lowest BCUT2D eigenvalue weighted by atomic mass is 10.2. The first kappa shape index (κ1) is 8.56. The van der Waals surface area contributed by atoms with Crippen molar-refractivity contribution in [2.24, 2.45) is 0 Å². The zero-order valence-electron chi connectivity index (χ0n) is 6.70. The van der Waals surface area contributed by atoms with Crippen molar-refractivity contribution in [3.05, 3.63) is 54.2 Å². The van der Waals surface area contributed by atoms with Crippen LogP contribution in [0, 0.1) is 0 Å². The van der Waals surface area contributed by atoms with Crippen molar-refractivity contribution in [3.8, 4) is 0 Å². The predicted molar refractivity (Wildman–Crippen MR) is 49.5 cm³/mol. The van der Waals surface area contributed by atoms with Gasteiger partial charge in [-0.1, -0.05) is 43.0 Å². The average Bonchev–Trinajstić information content (AvgIpc) is 2.16. The van der Waals surface area contributed by atoms with Crippen LogP contribution in [-0.4, -0.2) is 5.21 Å². The topological polar surface area (TPSA) is 32.3 Å². The minimum Gasteiger partial charge on any atom is -0.291 e. The first-order valence-corrected chi connectivity index (χ1v) is 3.65. The molecule has 0 spiro atoms. The standard InChI is InChI=1S/C10H11NO/c1-9(11-12)7-8-10-5-3-2-4-6-10/h2-8,11-12H,1H2/b8-7+. The van der Waals surface area contributed by atoms with Gasteiger partial charge in [-0.05, 0) is 11.6 Å². The highest BCUT2D eigenvalue weighted by Crippen LogP contribution is 2.01. The fourth-order valence-electron chi connectivity index (χ4n) is 0.798. The van der Waals surface area contributed by atoms with E-state index in [1.807, 2.05) is 41.9 Å². The molecule has 2 nitrogen and oxygen atoms in total. The summed E-state index contributed by atoms with van der Waals surface area (Å²) in [6, 6.07) is 9.81. The Kier molecular flexibility index (Phi) is 3.11. The summed E-state index contributed by atoms with van der Waals surface area (Å²) in [5.41, 5.74) is 3.50. The third kappa shape index (κ3) is 2.60. The summed E-state index contributed by atoms with van der Waals surface area (Å²) >= 11 is 0. The largest absolute Gasteiger partial charge is 0.291 e. The Morgan fingerprint density at radius 3 is 2.58 bits per heavy atom. The van der Waals surface area contributed by atoms with Crippen LogP contribution in [0.15, 0.2) is 48.7 Å². The van der Waals surface area contributed by atoms with Gasteiger partial charge in [-0.2, -0.15) is 0 Å². The van der Waals surface area contributed by atoms with Crippen LogP contribution < -0.4 is 5.48 Å². The summed E-state index contributed by atoms with van der Waals surface area (Å²) in [4.78, 5) is 0. The Morgan fingerprint density at radius 1 is 1.33 bits per heavy atom. The molecular weight excluding hydrogens is 150 g/mol. The summed E-state index contributed by atoms with van der Waals surface area (Å²) in [7, 11) is 0. The molecule has 0 aliphatic rings. The summed E-state index contributed by atoms with van der Waals surface area (Å²) in [5, 5.41) is 8.41. The van der Waals surface area contributed by atoms with Gasteiger partial charge < -0.3 is 0 Å². The molecule has 1 rings (SSSR count). The van der Waals surface area contributed by atoms with E-state index < -0.39 is 0 Å². The lowest BCUT2D eigenvalue weighted by Crippen LogP contribution is -2.01. The van der Waals surface area contributed by atoms with Crippen LogP contribution in [0.3, 0.4) is 0 Å². The first-order chi connectivity index (χ1) is 5.83. The van der Waals surface area contributed by atoms with Crippen molar-refractivity contribution in [2.75, 3.05) is 0 Å². The van der Waals surface area contributed by atoms with Gasteiger partial charge in [0, 0.05) is 0 Å². The van der Waals surface area contributed by atoms with Crippen LogP contribution >= 0.6 is 0 Å². The van der Waals surface area contributed by atoms with Crippen molar-refractivity contribution < 1.29 is 5.21 Å². The van der Waals surface area contributed by atoms with Crippen molar-refractivity contribution >= 4 is 6.08 Å². The van der Waals surface area contributed by atoms with Gasteiger partial charge in [-0.3, -0.25) is 10.7 Å². The molecule has 0 saturated carbocycles. The zero-order valence-corrected chi connectivity index (χ0v) is 6.70. The monoisotopic (exact) mass is 161 g/mol. The first-order valence-electron chi connectivity index (χ1n) is 3.65. The zero-order chi connectivity index (χ0) is 8.81. The fraction of sp³-hybridized carbons (Fsp3) is 0. The third-order valence-corrected chi connectivity index (χ3v) is 1.42. The van der Waals surface area contributed by atoms with Gasteiger partial charge in [0.1, 0.15) is 0 Å². The van der Waals surface area contributed by atoms with E-state index in [2.05, 4.69) is 6.58 Å². The van der Waals surface area contributed by atoms with Crippen LogP contribution in [0.2, 0.25) is 0 Å². The van der Waals surface area contributed by atoms with Gasteiger partial charge in [0.2, 0.25) is 0 Å². The molecule has 0 aliphatic carbocycles. The molecule has 0 unspecified atom stereocenters. The van der Waals surface area contributed by atoms with Crippen LogP contribution in [0.5, 0.6) is 0 Å². The van der Waals surface area contributed by atoms with Crippen LogP contribution in [0.1, 0.15) is 5.56 Å². The highest BCUT2D eigenvalue weighted by Gasteiger charge is 1.83. The second kappa shape index (κ2) is 4.36. The minimum absolute atomic E-state index is 0.471. The van der Waals surface area contributed by atoms with E-state index in [1.54, 1.807) is 6.08 Å². The fourth-order valence-corrected chi connectivity index (χ4v) is 0.798. The Balaban J connectivity index is 2.64. The lowest BCUT2D eigenvalue weighted by Gasteiger charge is -1.94. The number of rotatable bonds is 3. The molecule has 0 amide bonds. The van der Waals surface area contributed by atoms with Gasteiger partial charge in [-0.25, -0.2) is 0 Å². The van der Waals surface area contributed by atoms with Crippen molar-refractivity contribution in [3.63, 3.8) is 0 Å². The maximum Gasteiger partial charge on any atom is 0.0530 e. The number of benzene rings is 1. The van der Waals surface area contributed by atoms with E-state index in [0.717, 1.165) is 5.56 Å². The van der Waals surface area contributed by atoms with Crippen LogP contribution in [-0.2, 0) is 0 Å². The normalized spacial score (nSPS) is 10.1. The second-order valence-electron chi connectivity index (χ2n) is 2.38. The van der Waals surface area contributed by atoms with Gasteiger partial charge in [0.15, 0.2) is 0 Å². The van der Waals surface area contributed by atoms with Crippen molar-refractivity contribution in [1.82, 2.24) is 5.48 Å². The molecule has 0 saturated heterocycles. The molecule has 1 aromatic carbocycles. The van der Waals surface area contributed by atoms with Gasteiger partial charge in [-0.15, -0.1) is 0 Å². The van der Waals surface area contributed by atoms with E-state index in [9.17, 15) is 0 Å². The van der Waals surface area contributed by atoms with Crippen LogP contribution in [0.4, 0.5) is 0 Å². The molecule has 2 N–H and O–H groups in total. The Hall–Kier alpha value is -1.54. The number of hydrogen-bond acceptors (Lipinski definition) is 2. The molecule has 2 heteroatoms. The highest BCUT2D eigenvalue weighted by atomic mass is 16.5. The average molecular weight is 161 g/mol. The SMILES string of the molecule is C=C(/C=C/c1ccccc1)NO. The Labute approximate surface area is 71.8 Å². The number of nitrogens with one attached hydrogen (secondary N) is 1.